The Hall–Kier alpha value is -1.43. The van der Waals surface area contributed by atoms with Crippen LogP contribution in [-0.4, -0.2) is 33.8 Å². The first kappa shape index (κ1) is 14.5. The highest BCUT2D eigenvalue weighted by atomic mass is 32.1. The van der Waals surface area contributed by atoms with Gasteiger partial charge in [0.05, 0.1) is 6.04 Å². The summed E-state index contributed by atoms with van der Waals surface area (Å²) in [5.41, 5.74) is -0.655. The normalized spacial score (nSPS) is 23.2. The second kappa shape index (κ2) is 5.75. The van der Waals surface area contributed by atoms with E-state index in [0.29, 0.717) is 13.0 Å². The number of hydrogen-bond acceptors (Lipinski definition) is 4. The first-order valence-corrected chi connectivity index (χ1v) is 8.56. The molecule has 2 heterocycles. The minimum absolute atomic E-state index is 0.00161. The summed E-state index contributed by atoms with van der Waals surface area (Å²) in [4.78, 5) is 31.4. The van der Waals surface area contributed by atoms with Gasteiger partial charge >= 0.3 is 0 Å². The van der Waals surface area contributed by atoms with E-state index in [1.54, 1.807) is 17.5 Å². The van der Waals surface area contributed by atoms with Crippen LogP contribution >= 0.6 is 11.3 Å². The van der Waals surface area contributed by atoms with Gasteiger partial charge in [0.2, 0.25) is 11.8 Å². The minimum Gasteiger partial charge on any atom is -0.342 e. The highest BCUT2D eigenvalue weighted by Gasteiger charge is 2.48. The molecular formula is C15H21N3O2S. The molecule has 114 valence electrons. The third-order valence-electron chi connectivity index (χ3n) is 4.59. The van der Waals surface area contributed by atoms with Crippen LogP contribution in [0.4, 0.5) is 0 Å². The number of carbonyl (C=O) groups is 2. The fourth-order valence-electron chi connectivity index (χ4n) is 3.52. The summed E-state index contributed by atoms with van der Waals surface area (Å²) in [5.74, 6) is 0.0923. The maximum absolute atomic E-state index is 13.1. The molecule has 2 fully saturated rings. The predicted octanol–water partition coefficient (Wildman–Crippen LogP) is 2.26. The molecule has 1 atom stereocenters. The Morgan fingerprint density at radius 3 is 2.81 bits per heavy atom. The van der Waals surface area contributed by atoms with E-state index < -0.39 is 5.54 Å². The maximum Gasteiger partial charge on any atom is 0.248 e. The van der Waals surface area contributed by atoms with Crippen molar-refractivity contribution >= 4 is 23.2 Å². The summed E-state index contributed by atoms with van der Waals surface area (Å²) >= 11 is 1.58. The second-order valence-electron chi connectivity index (χ2n) is 5.88. The summed E-state index contributed by atoms with van der Waals surface area (Å²) in [6.45, 7) is 2.56. The lowest BCUT2D eigenvalue weighted by Crippen LogP contribution is -2.55. The quantitative estimate of drug-likeness (QED) is 0.931. The van der Waals surface area contributed by atoms with Gasteiger partial charge in [-0.05, 0) is 19.3 Å². The maximum atomic E-state index is 13.1. The summed E-state index contributed by atoms with van der Waals surface area (Å²) in [6, 6.07) is -0.0114. The summed E-state index contributed by atoms with van der Waals surface area (Å²) in [7, 11) is 0. The van der Waals surface area contributed by atoms with E-state index in [4.69, 9.17) is 0 Å². The lowest BCUT2D eigenvalue weighted by atomic mass is 9.95. The van der Waals surface area contributed by atoms with Crippen LogP contribution in [0, 0.1) is 0 Å². The molecule has 21 heavy (non-hydrogen) atoms. The van der Waals surface area contributed by atoms with Crippen molar-refractivity contribution in [3.63, 3.8) is 0 Å². The van der Waals surface area contributed by atoms with Crippen LogP contribution in [0.1, 0.15) is 56.5 Å². The smallest absolute Gasteiger partial charge is 0.248 e. The lowest BCUT2D eigenvalue weighted by Gasteiger charge is -2.35. The largest absolute Gasteiger partial charge is 0.342 e. The highest BCUT2D eigenvalue weighted by Crippen LogP contribution is 2.36. The van der Waals surface area contributed by atoms with Crippen LogP contribution in [0.3, 0.4) is 0 Å². The van der Waals surface area contributed by atoms with E-state index in [1.165, 1.54) is 0 Å². The number of aromatic nitrogens is 1. The van der Waals surface area contributed by atoms with Crippen molar-refractivity contribution < 1.29 is 9.59 Å². The monoisotopic (exact) mass is 307 g/mol. The van der Waals surface area contributed by atoms with Crippen LogP contribution in [0.15, 0.2) is 11.6 Å². The zero-order valence-corrected chi connectivity index (χ0v) is 13.1. The van der Waals surface area contributed by atoms with Crippen LogP contribution < -0.4 is 5.32 Å². The molecule has 1 N–H and O–H groups in total. The Kier molecular flexibility index (Phi) is 3.97. The molecule has 0 bridgehead atoms. The van der Waals surface area contributed by atoms with Crippen molar-refractivity contribution in [3.8, 4) is 0 Å². The third kappa shape index (κ3) is 2.57. The molecule has 0 radical (unpaired) electrons. The fraction of sp³-hybridized carbons (Fsp3) is 0.667. The Balaban J connectivity index is 1.93. The van der Waals surface area contributed by atoms with E-state index in [9.17, 15) is 9.59 Å². The molecule has 3 rings (SSSR count). The highest BCUT2D eigenvalue weighted by molar-refractivity contribution is 7.09. The molecule has 1 unspecified atom stereocenters. The fourth-order valence-corrected chi connectivity index (χ4v) is 4.36. The van der Waals surface area contributed by atoms with Crippen molar-refractivity contribution in [2.75, 3.05) is 6.54 Å². The van der Waals surface area contributed by atoms with Gasteiger partial charge < -0.3 is 10.2 Å². The Bertz CT molecular complexity index is 523. The number of nitrogens with zero attached hydrogens (tertiary/aromatic N) is 2. The molecule has 1 spiro atoms. The zero-order chi connectivity index (χ0) is 14.9. The molecule has 2 aliphatic rings. The van der Waals surface area contributed by atoms with Crippen molar-refractivity contribution in [2.24, 2.45) is 0 Å². The average molecular weight is 307 g/mol. The van der Waals surface area contributed by atoms with E-state index >= 15 is 0 Å². The van der Waals surface area contributed by atoms with E-state index in [-0.39, 0.29) is 17.9 Å². The molecule has 2 amide bonds. The Labute approximate surface area is 128 Å². The van der Waals surface area contributed by atoms with Crippen LogP contribution in [-0.2, 0) is 9.59 Å². The molecule has 1 aliphatic carbocycles. The lowest BCUT2D eigenvalue weighted by molar-refractivity contribution is -0.140. The molecule has 0 aromatic carbocycles. The van der Waals surface area contributed by atoms with Gasteiger partial charge in [0.15, 0.2) is 0 Å². The van der Waals surface area contributed by atoms with Gasteiger partial charge in [0.1, 0.15) is 10.5 Å². The van der Waals surface area contributed by atoms with Gasteiger partial charge in [-0.15, -0.1) is 11.3 Å². The number of nitrogens with one attached hydrogen (secondary N) is 1. The molecule has 5 nitrogen and oxygen atoms in total. The third-order valence-corrected chi connectivity index (χ3v) is 5.46. The standard InChI is InChI=1S/C15H21N3O2S/c1-2-11(13-16-8-10-21-13)18-9-5-12(19)17-15(14(18)20)6-3-4-7-15/h8,10-11H,2-7,9H2,1H3,(H,17,19). The van der Waals surface area contributed by atoms with Crippen molar-refractivity contribution in [3.05, 3.63) is 16.6 Å². The van der Waals surface area contributed by atoms with Crippen molar-refractivity contribution in [2.45, 2.75) is 57.0 Å². The number of hydrogen-bond donors (Lipinski definition) is 1. The van der Waals surface area contributed by atoms with Gasteiger partial charge in [-0.3, -0.25) is 9.59 Å². The van der Waals surface area contributed by atoms with Gasteiger partial charge in [-0.1, -0.05) is 19.8 Å². The minimum atomic E-state index is -0.655. The van der Waals surface area contributed by atoms with Gasteiger partial charge in [-0.25, -0.2) is 4.98 Å². The van der Waals surface area contributed by atoms with Crippen molar-refractivity contribution in [1.29, 1.82) is 0 Å². The molecule has 6 heteroatoms. The SMILES string of the molecule is CCC(c1nccs1)N1CCC(=O)NC2(CCCC2)C1=O. The molecule has 1 saturated heterocycles. The van der Waals surface area contributed by atoms with Crippen LogP contribution in [0.5, 0.6) is 0 Å². The first-order valence-electron chi connectivity index (χ1n) is 7.68. The molecule has 1 saturated carbocycles. The van der Waals surface area contributed by atoms with E-state index in [0.717, 1.165) is 37.1 Å². The molecule has 1 aliphatic heterocycles. The van der Waals surface area contributed by atoms with Crippen molar-refractivity contribution in [1.82, 2.24) is 15.2 Å². The predicted molar refractivity (Wildman–Crippen MR) is 80.8 cm³/mol. The molecule has 1 aromatic rings. The van der Waals surface area contributed by atoms with Gasteiger partial charge in [0, 0.05) is 24.5 Å². The van der Waals surface area contributed by atoms with Gasteiger partial charge in [0.25, 0.3) is 0 Å². The summed E-state index contributed by atoms with van der Waals surface area (Å²) < 4.78 is 0. The van der Waals surface area contributed by atoms with E-state index in [2.05, 4.69) is 17.2 Å². The Morgan fingerprint density at radius 1 is 1.43 bits per heavy atom. The molecule has 1 aromatic heterocycles. The molecular weight excluding hydrogens is 286 g/mol. The summed E-state index contributed by atoms with van der Waals surface area (Å²) in [5, 5.41) is 5.92. The average Bonchev–Trinajstić information content (AvgIpc) is 3.12. The van der Waals surface area contributed by atoms with Crippen LogP contribution in [0.2, 0.25) is 0 Å². The Morgan fingerprint density at radius 2 is 2.19 bits per heavy atom. The second-order valence-corrected chi connectivity index (χ2v) is 6.81. The number of rotatable bonds is 3. The number of thiazole rings is 1. The number of carbonyl (C=O) groups excluding carboxylic acids is 2. The first-order chi connectivity index (χ1) is 10.2. The van der Waals surface area contributed by atoms with Gasteiger partial charge in [-0.2, -0.15) is 0 Å². The topological polar surface area (TPSA) is 62.3 Å². The van der Waals surface area contributed by atoms with Crippen LogP contribution in [0.25, 0.3) is 0 Å². The zero-order valence-electron chi connectivity index (χ0n) is 12.3. The van der Waals surface area contributed by atoms with E-state index in [1.807, 2.05) is 10.3 Å². The number of amides is 2. The summed E-state index contributed by atoms with van der Waals surface area (Å²) in [6.07, 6.45) is 6.53.